The number of nitro groups is 1. The zero-order valence-corrected chi connectivity index (χ0v) is 16.0. The highest BCUT2D eigenvalue weighted by Gasteiger charge is 2.38. The molecule has 0 atom stereocenters. The molecule has 0 aliphatic carbocycles. The lowest BCUT2D eigenvalue weighted by molar-refractivity contribution is -0.386. The number of rotatable bonds is 6. The summed E-state index contributed by atoms with van der Waals surface area (Å²) in [4.78, 5) is 6.31. The summed E-state index contributed by atoms with van der Waals surface area (Å²) in [7, 11) is -5.72. The zero-order valence-electron chi connectivity index (χ0n) is 14.4. The molecule has 2 aromatic rings. The number of hydrogen-bond donors (Lipinski definition) is 0. The maximum absolute atomic E-state index is 14.0. The Balaban J connectivity index is 2.58. The second-order valence-corrected chi connectivity index (χ2v) is 7.76. The monoisotopic (exact) mass is 479 g/mol. The number of nitro benzene ring substituents is 1. The van der Waals surface area contributed by atoms with Crippen LogP contribution < -0.4 is 0 Å². The number of thioether (sulfide) groups is 1. The molecule has 0 heterocycles. The Kier molecular flexibility index (Phi) is 6.68. The standard InChI is InChI=1S/C15H8F7NO5S2/c1-29-13-9(16)11(18)14(12(19)10(13)17)30(26,27)28-5-6-7(15(20,21)22)3-2-4-8(6)23(24)25/h2-4H,5H2,1H3. The molecule has 2 rings (SSSR count). The number of alkyl halides is 3. The molecular weight excluding hydrogens is 471 g/mol. The Bertz CT molecular complexity index is 1090. The van der Waals surface area contributed by atoms with Crippen LogP contribution in [0, 0.1) is 33.4 Å². The molecule has 0 N–H and O–H groups in total. The average Bonchev–Trinajstić information content (AvgIpc) is 2.64. The van der Waals surface area contributed by atoms with Gasteiger partial charge in [0.25, 0.3) is 5.69 Å². The molecule has 0 saturated heterocycles. The molecule has 0 spiro atoms. The van der Waals surface area contributed by atoms with Crippen molar-refractivity contribution in [1.29, 1.82) is 0 Å². The normalized spacial score (nSPS) is 12.3. The average molecular weight is 479 g/mol. The second kappa shape index (κ2) is 8.39. The van der Waals surface area contributed by atoms with Gasteiger partial charge in [-0.1, -0.05) is 6.07 Å². The van der Waals surface area contributed by atoms with E-state index in [0.717, 1.165) is 6.26 Å². The first-order chi connectivity index (χ1) is 13.7. The van der Waals surface area contributed by atoms with Crippen LogP contribution in [0.15, 0.2) is 28.0 Å². The first-order valence-corrected chi connectivity index (χ1v) is 10.00. The number of halogens is 7. The SMILES string of the molecule is CSc1c(F)c(F)c(S(=O)(=O)OCc2c([N+](=O)[O-])cccc2C(F)(F)F)c(F)c1F. The van der Waals surface area contributed by atoms with Crippen molar-refractivity contribution >= 4 is 27.6 Å². The molecule has 0 aromatic heterocycles. The molecule has 0 bridgehead atoms. The fourth-order valence-electron chi connectivity index (χ4n) is 2.35. The fraction of sp³-hybridized carbons (Fsp3) is 0.200. The van der Waals surface area contributed by atoms with Crippen molar-refractivity contribution in [3.05, 3.63) is 62.7 Å². The van der Waals surface area contributed by atoms with Crippen LogP contribution in [0.3, 0.4) is 0 Å². The van der Waals surface area contributed by atoms with Crippen molar-refractivity contribution in [2.45, 2.75) is 22.6 Å². The molecular formula is C15H8F7NO5S2. The van der Waals surface area contributed by atoms with Crippen molar-refractivity contribution in [3.8, 4) is 0 Å². The maximum atomic E-state index is 14.0. The highest BCUT2D eigenvalue weighted by Crippen LogP contribution is 2.38. The summed E-state index contributed by atoms with van der Waals surface area (Å²) in [5.41, 5.74) is -4.12. The van der Waals surface area contributed by atoms with Gasteiger partial charge < -0.3 is 0 Å². The Morgan fingerprint density at radius 2 is 1.60 bits per heavy atom. The van der Waals surface area contributed by atoms with E-state index in [-0.39, 0.29) is 11.8 Å². The minimum absolute atomic E-state index is 0.224. The molecule has 30 heavy (non-hydrogen) atoms. The van der Waals surface area contributed by atoms with E-state index in [1.54, 1.807) is 0 Å². The largest absolute Gasteiger partial charge is 0.417 e. The third-order valence-corrected chi connectivity index (χ3v) is 5.70. The topological polar surface area (TPSA) is 86.5 Å². The highest BCUT2D eigenvalue weighted by atomic mass is 32.2. The van der Waals surface area contributed by atoms with Crippen LogP contribution in [-0.2, 0) is 27.1 Å². The van der Waals surface area contributed by atoms with E-state index < -0.39 is 77.7 Å². The van der Waals surface area contributed by atoms with Crippen molar-refractivity contribution in [2.24, 2.45) is 0 Å². The van der Waals surface area contributed by atoms with Crippen molar-refractivity contribution in [1.82, 2.24) is 0 Å². The Morgan fingerprint density at radius 1 is 1.07 bits per heavy atom. The van der Waals surface area contributed by atoms with Gasteiger partial charge in [-0.25, -0.2) is 17.6 Å². The van der Waals surface area contributed by atoms with E-state index in [1.165, 1.54) is 0 Å². The minimum Gasteiger partial charge on any atom is -0.261 e. The van der Waals surface area contributed by atoms with Gasteiger partial charge in [-0.3, -0.25) is 14.3 Å². The quantitative estimate of drug-likeness (QED) is 0.148. The van der Waals surface area contributed by atoms with E-state index in [2.05, 4.69) is 4.18 Å². The van der Waals surface area contributed by atoms with Crippen LogP contribution in [0.4, 0.5) is 36.4 Å². The van der Waals surface area contributed by atoms with Gasteiger partial charge >= 0.3 is 16.3 Å². The smallest absolute Gasteiger partial charge is 0.261 e. The predicted octanol–water partition coefficient (Wildman–Crippen LogP) is 4.80. The van der Waals surface area contributed by atoms with E-state index in [4.69, 9.17) is 0 Å². The molecule has 0 aliphatic heterocycles. The van der Waals surface area contributed by atoms with E-state index in [0.29, 0.717) is 18.2 Å². The summed E-state index contributed by atoms with van der Waals surface area (Å²) in [5, 5.41) is 11.0. The van der Waals surface area contributed by atoms with Crippen molar-refractivity contribution < 1.29 is 48.3 Å². The van der Waals surface area contributed by atoms with Gasteiger partial charge in [-0.05, 0) is 12.3 Å². The van der Waals surface area contributed by atoms with Crippen LogP contribution in [0.2, 0.25) is 0 Å². The number of hydrogen-bond acceptors (Lipinski definition) is 6. The Hall–Kier alpha value is -2.39. The molecule has 0 fully saturated rings. The van der Waals surface area contributed by atoms with E-state index >= 15 is 0 Å². The summed E-state index contributed by atoms with van der Waals surface area (Å²) in [6.45, 7) is -1.69. The maximum Gasteiger partial charge on any atom is 0.417 e. The van der Waals surface area contributed by atoms with Crippen molar-refractivity contribution in [3.63, 3.8) is 0 Å². The lowest BCUT2D eigenvalue weighted by Crippen LogP contribution is -2.17. The molecule has 0 aliphatic rings. The predicted molar refractivity (Wildman–Crippen MR) is 88.1 cm³/mol. The first kappa shape index (κ1) is 23.9. The second-order valence-electron chi connectivity index (χ2n) is 5.39. The lowest BCUT2D eigenvalue weighted by atomic mass is 10.1. The summed E-state index contributed by atoms with van der Waals surface area (Å²) < 4.78 is 123. The van der Waals surface area contributed by atoms with Gasteiger partial charge in [0, 0.05) is 6.07 Å². The minimum atomic E-state index is -5.72. The zero-order chi connectivity index (χ0) is 23.0. The summed E-state index contributed by atoms with van der Waals surface area (Å²) in [6, 6.07) is 1.66. The van der Waals surface area contributed by atoms with E-state index in [1.807, 2.05) is 0 Å². The van der Waals surface area contributed by atoms with Gasteiger partial charge in [-0.2, -0.15) is 21.6 Å². The van der Waals surface area contributed by atoms with Crippen LogP contribution in [-0.4, -0.2) is 19.6 Å². The van der Waals surface area contributed by atoms with Gasteiger partial charge in [0.2, 0.25) is 0 Å². The van der Waals surface area contributed by atoms with Gasteiger partial charge in [0.15, 0.2) is 28.2 Å². The third-order valence-electron chi connectivity index (χ3n) is 3.65. The highest BCUT2D eigenvalue weighted by molar-refractivity contribution is 7.98. The fourth-order valence-corrected chi connectivity index (χ4v) is 3.90. The first-order valence-electron chi connectivity index (χ1n) is 7.36. The molecule has 0 unspecified atom stereocenters. The van der Waals surface area contributed by atoms with Gasteiger partial charge in [-0.15, -0.1) is 11.8 Å². The summed E-state index contributed by atoms with van der Waals surface area (Å²) in [5.74, 6) is -8.86. The summed E-state index contributed by atoms with van der Waals surface area (Å²) >= 11 is 0.224. The third kappa shape index (κ3) is 4.37. The Labute approximate surface area is 167 Å². The molecule has 6 nitrogen and oxygen atoms in total. The number of nitrogens with zero attached hydrogens (tertiary/aromatic N) is 1. The molecule has 164 valence electrons. The molecule has 15 heteroatoms. The van der Waals surface area contributed by atoms with Crippen LogP contribution in [0.1, 0.15) is 11.1 Å². The van der Waals surface area contributed by atoms with Crippen molar-refractivity contribution in [2.75, 3.05) is 6.26 Å². The molecule has 0 amide bonds. The lowest BCUT2D eigenvalue weighted by Gasteiger charge is -2.14. The summed E-state index contributed by atoms with van der Waals surface area (Å²) in [6.07, 6.45) is -4.14. The van der Waals surface area contributed by atoms with Crippen LogP contribution in [0.5, 0.6) is 0 Å². The van der Waals surface area contributed by atoms with Gasteiger partial charge in [0.05, 0.1) is 27.6 Å². The van der Waals surface area contributed by atoms with Crippen LogP contribution >= 0.6 is 11.8 Å². The molecule has 0 saturated carbocycles. The number of benzene rings is 2. The molecule has 0 radical (unpaired) electrons. The van der Waals surface area contributed by atoms with Crippen LogP contribution in [0.25, 0.3) is 0 Å². The van der Waals surface area contributed by atoms with Gasteiger partial charge in [0.1, 0.15) is 0 Å². The van der Waals surface area contributed by atoms with E-state index in [9.17, 15) is 49.3 Å². The Morgan fingerprint density at radius 3 is 2.03 bits per heavy atom. The molecule has 2 aromatic carbocycles.